The van der Waals surface area contributed by atoms with Gasteiger partial charge in [0.25, 0.3) is 5.56 Å². The molecule has 1 saturated carbocycles. The van der Waals surface area contributed by atoms with Gasteiger partial charge in [0.1, 0.15) is 11.6 Å². The van der Waals surface area contributed by atoms with Gasteiger partial charge in [-0.3, -0.25) is 19.0 Å². The number of hydrogen-bond acceptors (Lipinski definition) is 5. The Morgan fingerprint density at radius 1 is 1.48 bits per heavy atom. The second-order valence-electron chi connectivity index (χ2n) is 4.89. The largest absolute Gasteiger partial charge is 0.398 e. The quantitative estimate of drug-likeness (QED) is 0.627. The van der Waals surface area contributed by atoms with Crippen LogP contribution in [0.1, 0.15) is 35.2 Å². The summed E-state index contributed by atoms with van der Waals surface area (Å²) in [4.78, 5) is 41.0. The number of carbonyl (C=O) groups excluding carboxylic acids is 2. The number of rotatable bonds is 1. The van der Waals surface area contributed by atoms with E-state index in [0.717, 1.165) is 4.57 Å². The van der Waals surface area contributed by atoms with Crippen LogP contribution < -0.4 is 11.3 Å². The third-order valence-electron chi connectivity index (χ3n) is 3.48. The molecule has 1 heterocycles. The van der Waals surface area contributed by atoms with Crippen molar-refractivity contribution in [3.05, 3.63) is 34.4 Å². The molecule has 0 bridgehead atoms. The first-order chi connectivity index (χ1) is 11.1. The van der Waals surface area contributed by atoms with E-state index in [2.05, 4.69) is 4.98 Å². The number of aryl methyl sites for hydroxylation is 1. The van der Waals surface area contributed by atoms with Crippen LogP contribution in [0.5, 0.6) is 0 Å². The fourth-order valence-electron chi connectivity index (χ4n) is 2.50. The Balaban J connectivity index is 2.33. The predicted octanol–water partition coefficient (Wildman–Crippen LogP) is 1.15. The Bertz CT molecular complexity index is 956. The highest BCUT2D eigenvalue weighted by atomic mass is 16.2. The van der Waals surface area contributed by atoms with Crippen LogP contribution in [-0.2, 0) is 9.59 Å². The maximum absolute atomic E-state index is 12.9. The lowest BCUT2D eigenvalue weighted by molar-refractivity contribution is -0.132. The van der Waals surface area contributed by atoms with Crippen LogP contribution in [0.3, 0.4) is 0 Å². The van der Waals surface area contributed by atoms with E-state index in [9.17, 15) is 14.4 Å². The number of Topliss-reactive ketones (excluding diaryl/α,β-unsaturated/α-hetero) is 2. The van der Waals surface area contributed by atoms with Gasteiger partial charge in [0.15, 0.2) is 5.78 Å². The Morgan fingerprint density at radius 3 is 3.00 bits per heavy atom. The van der Waals surface area contributed by atoms with Crippen LogP contribution in [0.4, 0.5) is 5.69 Å². The van der Waals surface area contributed by atoms with E-state index in [1.807, 2.05) is 0 Å². The average molecular weight is 288 g/mol. The lowest BCUT2D eigenvalue weighted by Gasteiger charge is -2.24. The first-order valence-electron chi connectivity index (χ1n) is 8.01. The molecule has 0 radical (unpaired) electrons. The van der Waals surface area contributed by atoms with Crippen LogP contribution in [-0.4, -0.2) is 21.1 Å². The molecule has 6 nitrogen and oxygen atoms in total. The Labute approximate surface area is 124 Å². The molecule has 1 fully saturated rings. The van der Waals surface area contributed by atoms with Crippen molar-refractivity contribution in [2.75, 3.05) is 5.73 Å². The third-order valence-corrected chi connectivity index (χ3v) is 3.48. The van der Waals surface area contributed by atoms with Crippen LogP contribution in [0.15, 0.2) is 23.0 Å². The number of fused-ring (bicyclic) bond motifs is 1. The monoisotopic (exact) mass is 288 g/mol. The molecule has 108 valence electrons. The topological polar surface area (TPSA) is 95.0 Å². The van der Waals surface area contributed by atoms with E-state index >= 15 is 0 Å². The molecule has 1 aliphatic rings. The zero-order valence-corrected chi connectivity index (χ0v) is 11.3. The van der Waals surface area contributed by atoms with Crippen molar-refractivity contribution in [1.29, 1.82) is 0 Å². The minimum atomic E-state index is -2.06. The fraction of sp³-hybridized carbons (Fsp3) is 0.333. The second kappa shape index (κ2) is 4.80. The highest BCUT2D eigenvalue weighted by Gasteiger charge is 2.30. The predicted molar refractivity (Wildman–Crippen MR) is 78.1 cm³/mol. The summed E-state index contributed by atoms with van der Waals surface area (Å²) in [5.74, 6) is -1.19. The summed E-state index contributed by atoms with van der Waals surface area (Å²) in [6, 6.07) is 0.700. The summed E-state index contributed by atoms with van der Waals surface area (Å²) < 4.78 is 24.8. The second-order valence-corrected chi connectivity index (χ2v) is 4.89. The number of carbonyl (C=O) groups is 2. The molecule has 3 rings (SSSR count). The van der Waals surface area contributed by atoms with Crippen molar-refractivity contribution in [1.82, 2.24) is 9.55 Å². The van der Waals surface area contributed by atoms with Crippen LogP contribution in [0.25, 0.3) is 10.9 Å². The molecule has 2 N–H and O–H groups in total. The van der Waals surface area contributed by atoms with Gasteiger partial charge in [0, 0.05) is 13.5 Å². The molecule has 0 spiro atoms. The van der Waals surface area contributed by atoms with Gasteiger partial charge in [-0.2, -0.15) is 0 Å². The summed E-state index contributed by atoms with van der Waals surface area (Å²) in [5.41, 5.74) is 5.39. The van der Waals surface area contributed by atoms with Crippen molar-refractivity contribution in [2.45, 2.75) is 32.2 Å². The van der Waals surface area contributed by atoms with E-state index in [1.165, 1.54) is 19.1 Å². The summed E-state index contributed by atoms with van der Waals surface area (Å²) in [6.45, 7) is 1.46. The van der Waals surface area contributed by atoms with Gasteiger partial charge in [-0.15, -0.1) is 0 Å². The number of nitrogen functional groups attached to an aromatic ring is 1. The molecule has 6 heteroatoms. The van der Waals surface area contributed by atoms with E-state index in [1.54, 1.807) is 0 Å². The Hall–Kier alpha value is -2.50. The van der Waals surface area contributed by atoms with Crippen molar-refractivity contribution >= 4 is 28.2 Å². The molecule has 2 unspecified atom stereocenters. The van der Waals surface area contributed by atoms with Crippen molar-refractivity contribution in [2.24, 2.45) is 0 Å². The molecule has 0 amide bonds. The molecule has 1 aromatic carbocycles. The van der Waals surface area contributed by atoms with Crippen molar-refractivity contribution in [3.63, 3.8) is 0 Å². The first-order valence-corrected chi connectivity index (χ1v) is 6.43. The van der Waals surface area contributed by atoms with Gasteiger partial charge >= 0.3 is 0 Å². The maximum atomic E-state index is 12.9. The maximum Gasteiger partial charge on any atom is 0.264 e. The Morgan fingerprint density at radius 2 is 2.24 bits per heavy atom. The summed E-state index contributed by atoms with van der Waals surface area (Å²) in [5, 5.41) is 0.0226. The molecular weight excluding hydrogens is 270 g/mol. The van der Waals surface area contributed by atoms with E-state index < -0.39 is 42.4 Å². The average Bonchev–Trinajstić information content (AvgIpc) is 2.43. The normalized spacial score (nSPS) is 28.2. The van der Waals surface area contributed by atoms with Crippen LogP contribution in [0.2, 0.25) is 0 Å². The number of anilines is 1. The summed E-state index contributed by atoms with van der Waals surface area (Å²) >= 11 is 0. The van der Waals surface area contributed by atoms with E-state index in [-0.39, 0.29) is 28.5 Å². The molecule has 21 heavy (non-hydrogen) atoms. The number of benzene rings is 1. The third kappa shape index (κ3) is 2.12. The van der Waals surface area contributed by atoms with Gasteiger partial charge in [0.05, 0.1) is 26.1 Å². The molecular formula is C15H15N3O3. The Kier molecular flexibility index (Phi) is 2.35. The summed E-state index contributed by atoms with van der Waals surface area (Å²) in [7, 11) is 0. The lowest BCUT2D eigenvalue weighted by Crippen LogP contribution is -2.36. The lowest BCUT2D eigenvalue weighted by atomic mass is 9.92. The standard InChI is InChI=1S/C15H15N3O3/c1-8-17-11-4-2-3-10(16)14(11)15(21)18(8)12-6-5-9(19)7-13(12)20/h2-4,12H,5-7,16H2,1H3/i2D,5D,12D. The van der Waals surface area contributed by atoms with Crippen molar-refractivity contribution < 1.29 is 13.7 Å². The minimum absolute atomic E-state index is 0.0226. The number of nitrogens with two attached hydrogens (primary N) is 1. The molecule has 0 aliphatic heterocycles. The molecule has 0 saturated heterocycles. The highest BCUT2D eigenvalue weighted by Crippen LogP contribution is 2.24. The molecule has 2 atom stereocenters. The minimum Gasteiger partial charge on any atom is -0.398 e. The van der Waals surface area contributed by atoms with E-state index in [0.29, 0.717) is 0 Å². The first kappa shape index (κ1) is 10.3. The number of nitrogens with zero attached hydrogens (tertiary/aromatic N) is 2. The van der Waals surface area contributed by atoms with Gasteiger partial charge in [-0.25, -0.2) is 4.98 Å². The number of ketones is 2. The fourth-order valence-corrected chi connectivity index (χ4v) is 2.50. The van der Waals surface area contributed by atoms with Gasteiger partial charge in [0.2, 0.25) is 0 Å². The summed E-state index contributed by atoms with van der Waals surface area (Å²) in [6.07, 6.45) is -2.20. The van der Waals surface area contributed by atoms with Gasteiger partial charge in [-0.05, 0) is 25.5 Å². The number of hydrogen-bond donors (Lipinski definition) is 1. The molecule has 1 aromatic heterocycles. The van der Waals surface area contributed by atoms with Crippen LogP contribution in [0, 0.1) is 6.92 Å². The SMILES string of the molecule is [2H]c1cc(N)c2c(=O)n(C3([2H])CC([2H])C(=O)CC3=O)c(C)nc2c1. The van der Waals surface area contributed by atoms with Gasteiger partial charge < -0.3 is 5.73 Å². The highest BCUT2D eigenvalue weighted by molar-refractivity contribution is 6.03. The van der Waals surface area contributed by atoms with E-state index in [4.69, 9.17) is 9.85 Å². The smallest absolute Gasteiger partial charge is 0.264 e. The van der Waals surface area contributed by atoms with Crippen molar-refractivity contribution in [3.8, 4) is 0 Å². The molecule has 1 aliphatic carbocycles. The van der Waals surface area contributed by atoms with Gasteiger partial charge in [-0.1, -0.05) is 6.04 Å². The molecule has 2 aromatic rings. The van der Waals surface area contributed by atoms with Crippen LogP contribution >= 0.6 is 0 Å². The zero-order valence-electron chi connectivity index (χ0n) is 14.3. The zero-order chi connectivity index (χ0) is 17.8. The number of aromatic nitrogens is 2.